The Morgan fingerprint density at radius 1 is 1.50 bits per heavy atom. The third-order valence-corrected chi connectivity index (χ3v) is 3.62. The summed E-state index contributed by atoms with van der Waals surface area (Å²) in [6.07, 6.45) is -0.361. The molecule has 0 saturated heterocycles. The van der Waals surface area contributed by atoms with Gasteiger partial charge in [0.2, 0.25) is 5.91 Å². The highest BCUT2D eigenvalue weighted by Crippen LogP contribution is 2.26. The maximum atomic E-state index is 11.7. The van der Waals surface area contributed by atoms with Gasteiger partial charge in [0.15, 0.2) is 0 Å². The van der Waals surface area contributed by atoms with Gasteiger partial charge in [-0.1, -0.05) is 0 Å². The highest BCUT2D eigenvalue weighted by molar-refractivity contribution is 7.12. The zero-order chi connectivity index (χ0) is 13.9. The molecule has 0 fully saturated rings. The zero-order valence-electron chi connectivity index (χ0n) is 10.7. The van der Waals surface area contributed by atoms with E-state index < -0.39 is 17.9 Å². The van der Waals surface area contributed by atoms with Gasteiger partial charge in [0.1, 0.15) is 0 Å². The molecular weight excluding hydrogens is 252 g/mol. The minimum atomic E-state index is -1.08. The van der Waals surface area contributed by atoms with Crippen molar-refractivity contribution in [3.8, 4) is 0 Å². The molecule has 6 heteroatoms. The van der Waals surface area contributed by atoms with E-state index in [1.807, 2.05) is 26.8 Å². The summed E-state index contributed by atoms with van der Waals surface area (Å²) in [6.45, 7) is 5.86. The molecule has 0 bridgehead atoms. The van der Waals surface area contributed by atoms with Crippen LogP contribution in [0.5, 0.6) is 0 Å². The summed E-state index contributed by atoms with van der Waals surface area (Å²) in [5, 5.41) is 11.3. The Balaban J connectivity index is 2.64. The van der Waals surface area contributed by atoms with Crippen molar-refractivity contribution in [3.63, 3.8) is 0 Å². The third kappa shape index (κ3) is 3.82. The summed E-state index contributed by atoms with van der Waals surface area (Å²) in [6, 6.07) is 0.848. The van der Waals surface area contributed by atoms with E-state index >= 15 is 0 Å². The second-order valence-electron chi connectivity index (χ2n) is 4.30. The van der Waals surface area contributed by atoms with Crippen LogP contribution in [0.3, 0.4) is 0 Å². The molecule has 1 heterocycles. The molecule has 1 aromatic rings. The quantitative estimate of drug-likeness (QED) is 0.753. The van der Waals surface area contributed by atoms with E-state index in [1.54, 1.807) is 11.3 Å². The van der Waals surface area contributed by atoms with Gasteiger partial charge in [-0.15, -0.1) is 11.3 Å². The zero-order valence-corrected chi connectivity index (χ0v) is 11.5. The first-order valence-corrected chi connectivity index (χ1v) is 6.47. The topological polar surface area (TPSA) is 92.4 Å². The smallest absolute Gasteiger partial charge is 0.305 e. The van der Waals surface area contributed by atoms with Crippen LogP contribution in [0.25, 0.3) is 0 Å². The molecule has 1 amide bonds. The number of rotatable bonds is 5. The predicted octanol–water partition coefficient (Wildman–Crippen LogP) is 1.34. The van der Waals surface area contributed by atoms with Gasteiger partial charge in [-0.3, -0.25) is 9.59 Å². The van der Waals surface area contributed by atoms with E-state index in [4.69, 9.17) is 10.8 Å². The van der Waals surface area contributed by atoms with E-state index in [-0.39, 0.29) is 12.5 Å². The molecule has 0 spiro atoms. The lowest BCUT2D eigenvalue weighted by molar-refractivity contribution is -0.139. The lowest BCUT2D eigenvalue weighted by Crippen LogP contribution is -2.42. The summed E-state index contributed by atoms with van der Waals surface area (Å²) < 4.78 is 0. The summed E-state index contributed by atoms with van der Waals surface area (Å²) in [4.78, 5) is 24.5. The van der Waals surface area contributed by atoms with E-state index in [0.717, 1.165) is 10.4 Å². The number of hydrogen-bond donors (Lipinski definition) is 3. The van der Waals surface area contributed by atoms with Gasteiger partial charge in [-0.05, 0) is 32.4 Å². The van der Waals surface area contributed by atoms with Gasteiger partial charge in [0.25, 0.3) is 0 Å². The SMILES string of the molecule is Cc1cc(C(C)NC(=O)C(N)CC(=O)O)c(C)s1. The molecule has 1 aromatic heterocycles. The maximum Gasteiger partial charge on any atom is 0.305 e. The minimum Gasteiger partial charge on any atom is -0.481 e. The van der Waals surface area contributed by atoms with Gasteiger partial charge < -0.3 is 16.2 Å². The van der Waals surface area contributed by atoms with Crippen molar-refractivity contribution in [2.45, 2.75) is 39.3 Å². The second-order valence-corrected chi connectivity index (χ2v) is 5.76. The Morgan fingerprint density at radius 3 is 2.56 bits per heavy atom. The Labute approximate surface area is 110 Å². The Morgan fingerprint density at radius 2 is 2.11 bits per heavy atom. The molecule has 2 unspecified atom stereocenters. The molecule has 2 atom stereocenters. The first kappa shape index (κ1) is 14.7. The van der Waals surface area contributed by atoms with Gasteiger partial charge in [0.05, 0.1) is 18.5 Å². The van der Waals surface area contributed by atoms with Crippen LogP contribution in [-0.4, -0.2) is 23.0 Å². The summed E-state index contributed by atoms with van der Waals surface area (Å²) in [5.41, 5.74) is 6.55. The molecule has 18 heavy (non-hydrogen) atoms. The van der Waals surface area contributed by atoms with Gasteiger partial charge in [-0.25, -0.2) is 0 Å². The molecule has 0 radical (unpaired) electrons. The van der Waals surface area contributed by atoms with Crippen molar-refractivity contribution in [2.75, 3.05) is 0 Å². The number of hydrogen-bond acceptors (Lipinski definition) is 4. The molecule has 0 aliphatic rings. The number of aryl methyl sites for hydroxylation is 2. The summed E-state index contributed by atoms with van der Waals surface area (Å²) >= 11 is 1.67. The van der Waals surface area contributed by atoms with Crippen molar-refractivity contribution in [3.05, 3.63) is 21.4 Å². The molecule has 5 nitrogen and oxygen atoms in total. The van der Waals surface area contributed by atoms with Crippen LogP contribution in [-0.2, 0) is 9.59 Å². The van der Waals surface area contributed by atoms with Crippen molar-refractivity contribution >= 4 is 23.2 Å². The van der Waals surface area contributed by atoms with Crippen LogP contribution in [0, 0.1) is 13.8 Å². The molecule has 1 rings (SSSR count). The first-order chi connectivity index (χ1) is 8.31. The van der Waals surface area contributed by atoms with E-state index in [1.165, 1.54) is 4.88 Å². The van der Waals surface area contributed by atoms with Gasteiger partial charge >= 0.3 is 5.97 Å². The molecule has 0 aromatic carbocycles. The van der Waals surface area contributed by atoms with E-state index in [0.29, 0.717) is 0 Å². The van der Waals surface area contributed by atoms with Gasteiger partial charge in [-0.2, -0.15) is 0 Å². The largest absolute Gasteiger partial charge is 0.481 e. The van der Waals surface area contributed by atoms with Crippen molar-refractivity contribution in [1.29, 1.82) is 0 Å². The van der Waals surface area contributed by atoms with Gasteiger partial charge in [0, 0.05) is 9.75 Å². The summed E-state index contributed by atoms with van der Waals surface area (Å²) in [7, 11) is 0. The van der Waals surface area contributed by atoms with E-state index in [2.05, 4.69) is 5.32 Å². The van der Waals surface area contributed by atoms with Crippen molar-refractivity contribution in [2.24, 2.45) is 5.73 Å². The number of carboxylic acids is 1. The second kappa shape index (κ2) is 5.97. The van der Waals surface area contributed by atoms with Crippen LogP contribution in [0.4, 0.5) is 0 Å². The fourth-order valence-electron chi connectivity index (χ4n) is 1.76. The van der Waals surface area contributed by atoms with E-state index in [9.17, 15) is 9.59 Å². The third-order valence-electron chi connectivity index (χ3n) is 2.64. The Kier molecular flexibility index (Phi) is 4.86. The molecule has 0 aliphatic carbocycles. The van der Waals surface area contributed by atoms with Crippen molar-refractivity contribution < 1.29 is 14.7 Å². The Bertz CT molecular complexity index is 456. The molecular formula is C12H18N2O3S. The predicted molar refractivity (Wildman–Crippen MR) is 70.6 cm³/mol. The highest BCUT2D eigenvalue weighted by atomic mass is 32.1. The molecule has 0 saturated carbocycles. The fraction of sp³-hybridized carbons (Fsp3) is 0.500. The lowest BCUT2D eigenvalue weighted by atomic mass is 10.1. The number of aliphatic carboxylic acids is 1. The Hall–Kier alpha value is -1.40. The lowest BCUT2D eigenvalue weighted by Gasteiger charge is -2.16. The molecule has 100 valence electrons. The molecule has 0 aliphatic heterocycles. The number of nitrogens with two attached hydrogens (primary N) is 1. The van der Waals surface area contributed by atoms with Crippen LogP contribution in [0.2, 0.25) is 0 Å². The number of carbonyl (C=O) groups excluding carboxylic acids is 1. The average Bonchev–Trinajstić information content (AvgIpc) is 2.56. The minimum absolute atomic E-state index is 0.165. The van der Waals surface area contributed by atoms with Crippen LogP contribution in [0.1, 0.15) is 34.7 Å². The maximum absolute atomic E-state index is 11.7. The van der Waals surface area contributed by atoms with Crippen LogP contribution >= 0.6 is 11.3 Å². The number of thiophene rings is 1. The number of amides is 1. The number of carbonyl (C=O) groups is 2. The van der Waals surface area contributed by atoms with Crippen LogP contribution in [0.15, 0.2) is 6.07 Å². The monoisotopic (exact) mass is 270 g/mol. The number of carboxylic acid groups (broad SMARTS) is 1. The normalized spacial score (nSPS) is 14.0. The van der Waals surface area contributed by atoms with Crippen molar-refractivity contribution in [1.82, 2.24) is 5.32 Å². The first-order valence-electron chi connectivity index (χ1n) is 5.66. The standard InChI is InChI=1S/C12H18N2O3S/c1-6-4-9(8(3)18-6)7(2)14-12(17)10(13)5-11(15)16/h4,7,10H,5,13H2,1-3H3,(H,14,17)(H,15,16). The number of nitrogens with one attached hydrogen (secondary N) is 1. The highest BCUT2D eigenvalue weighted by Gasteiger charge is 2.20. The summed E-state index contributed by atoms with van der Waals surface area (Å²) in [5.74, 6) is -1.51. The van der Waals surface area contributed by atoms with Crippen LogP contribution < -0.4 is 11.1 Å². The average molecular weight is 270 g/mol. The fourth-order valence-corrected chi connectivity index (χ4v) is 2.78. The molecule has 4 N–H and O–H groups in total.